The van der Waals surface area contributed by atoms with Crippen molar-refractivity contribution < 1.29 is 32.3 Å². The molecule has 2 amide bonds. The van der Waals surface area contributed by atoms with Crippen LogP contribution in [0.4, 0.5) is 13.2 Å². The molecule has 25 heavy (non-hydrogen) atoms. The number of rotatable bonds is 6. The summed E-state index contributed by atoms with van der Waals surface area (Å²) in [7, 11) is 1.39. The molecule has 0 saturated heterocycles. The molecule has 1 aliphatic carbocycles. The molecule has 0 unspecified atom stereocenters. The van der Waals surface area contributed by atoms with Crippen molar-refractivity contribution in [2.45, 2.75) is 25.1 Å². The van der Waals surface area contributed by atoms with E-state index < -0.39 is 30.2 Å². The van der Waals surface area contributed by atoms with Gasteiger partial charge in [-0.15, -0.1) is 0 Å². The zero-order valence-corrected chi connectivity index (χ0v) is 13.4. The molecule has 2 rings (SSSR count). The highest BCUT2D eigenvalue weighted by atomic mass is 19.4. The van der Waals surface area contributed by atoms with Crippen LogP contribution >= 0.6 is 0 Å². The number of ether oxygens (including phenoxy) is 1. The molecule has 1 fully saturated rings. The molecule has 0 heterocycles. The van der Waals surface area contributed by atoms with Crippen molar-refractivity contribution >= 4 is 17.8 Å². The lowest BCUT2D eigenvalue weighted by Crippen LogP contribution is -2.40. The van der Waals surface area contributed by atoms with Crippen LogP contribution in [0.15, 0.2) is 24.3 Å². The van der Waals surface area contributed by atoms with Gasteiger partial charge in [0.2, 0.25) is 5.91 Å². The van der Waals surface area contributed by atoms with Crippen LogP contribution in [0.3, 0.4) is 0 Å². The van der Waals surface area contributed by atoms with Gasteiger partial charge in [-0.3, -0.25) is 9.59 Å². The monoisotopic (exact) mass is 358 g/mol. The van der Waals surface area contributed by atoms with E-state index in [4.69, 9.17) is 4.74 Å². The van der Waals surface area contributed by atoms with Crippen molar-refractivity contribution in [1.29, 1.82) is 0 Å². The number of halogens is 3. The average molecular weight is 358 g/mol. The van der Waals surface area contributed by atoms with Crippen molar-refractivity contribution in [2.75, 3.05) is 20.2 Å². The molecule has 1 aromatic rings. The molecular weight excluding hydrogens is 341 g/mol. The summed E-state index contributed by atoms with van der Waals surface area (Å²) in [5.74, 6) is -1.81. The second-order valence-corrected chi connectivity index (χ2v) is 5.74. The van der Waals surface area contributed by atoms with Crippen molar-refractivity contribution in [3.63, 3.8) is 0 Å². The molecule has 1 aliphatic rings. The van der Waals surface area contributed by atoms with E-state index in [1.54, 1.807) is 0 Å². The normalized spacial score (nSPS) is 13.9. The molecule has 0 atom stereocenters. The number of alkyl halides is 3. The van der Waals surface area contributed by atoms with Gasteiger partial charge in [-0.25, -0.2) is 4.79 Å². The summed E-state index contributed by atoms with van der Waals surface area (Å²) in [6.07, 6.45) is -2.65. The lowest BCUT2D eigenvalue weighted by atomic mass is 10.1. The summed E-state index contributed by atoms with van der Waals surface area (Å²) in [5.41, 5.74) is -0.989. The van der Waals surface area contributed by atoms with Gasteiger partial charge < -0.3 is 15.0 Å². The van der Waals surface area contributed by atoms with E-state index in [1.165, 1.54) is 7.05 Å². The standard InChI is InChI=1S/C16H17F3N2O4/c1-21(8-13(22)20-12-6-7-12)14(23)9-25-15(24)10-2-4-11(5-3-10)16(17,18)19/h2-5,12H,6-9H2,1H3,(H,20,22). The van der Waals surface area contributed by atoms with Crippen LogP contribution in [0.1, 0.15) is 28.8 Å². The number of carbonyl (C=O) groups excluding carboxylic acids is 3. The number of hydrogen-bond donors (Lipinski definition) is 1. The highest BCUT2D eigenvalue weighted by Gasteiger charge is 2.30. The first-order valence-corrected chi connectivity index (χ1v) is 7.54. The molecule has 0 radical (unpaired) electrons. The Kier molecular flexibility index (Phi) is 5.66. The molecule has 1 aromatic carbocycles. The molecule has 136 valence electrons. The first kappa shape index (κ1) is 18.8. The maximum Gasteiger partial charge on any atom is 0.416 e. The van der Waals surface area contributed by atoms with Crippen molar-refractivity contribution in [3.8, 4) is 0 Å². The molecule has 9 heteroatoms. The molecule has 0 aliphatic heterocycles. The minimum atomic E-state index is -4.50. The summed E-state index contributed by atoms with van der Waals surface area (Å²) >= 11 is 0. The third-order valence-corrected chi connectivity index (χ3v) is 3.52. The molecule has 1 N–H and O–H groups in total. The van der Waals surface area contributed by atoms with E-state index in [2.05, 4.69) is 5.32 Å². The van der Waals surface area contributed by atoms with Gasteiger partial charge in [0.05, 0.1) is 17.7 Å². The Morgan fingerprint density at radius 3 is 2.32 bits per heavy atom. The Labute approximate surface area is 141 Å². The van der Waals surface area contributed by atoms with Gasteiger partial charge in [-0.2, -0.15) is 13.2 Å². The number of carbonyl (C=O) groups is 3. The van der Waals surface area contributed by atoms with Crippen molar-refractivity contribution in [2.24, 2.45) is 0 Å². The fourth-order valence-corrected chi connectivity index (χ4v) is 1.92. The van der Waals surface area contributed by atoms with E-state index in [9.17, 15) is 27.6 Å². The van der Waals surface area contributed by atoms with Gasteiger partial charge in [-0.1, -0.05) is 0 Å². The predicted molar refractivity (Wildman–Crippen MR) is 80.5 cm³/mol. The average Bonchev–Trinajstić information content (AvgIpc) is 3.35. The van der Waals surface area contributed by atoms with Crippen LogP contribution in [0.2, 0.25) is 0 Å². The van der Waals surface area contributed by atoms with Gasteiger partial charge in [0, 0.05) is 13.1 Å². The Bertz CT molecular complexity index is 654. The van der Waals surface area contributed by atoms with Gasteiger partial charge in [-0.05, 0) is 37.1 Å². The minimum absolute atomic E-state index is 0.102. The van der Waals surface area contributed by atoms with E-state index in [0.717, 1.165) is 42.0 Å². The Morgan fingerprint density at radius 2 is 1.80 bits per heavy atom. The van der Waals surface area contributed by atoms with Gasteiger partial charge in [0.25, 0.3) is 5.91 Å². The maximum absolute atomic E-state index is 12.5. The van der Waals surface area contributed by atoms with Crippen LogP contribution < -0.4 is 5.32 Å². The third kappa shape index (κ3) is 5.77. The number of nitrogens with zero attached hydrogens (tertiary/aromatic N) is 1. The van der Waals surface area contributed by atoms with E-state index in [0.29, 0.717) is 0 Å². The quantitative estimate of drug-likeness (QED) is 0.784. The Morgan fingerprint density at radius 1 is 1.20 bits per heavy atom. The lowest BCUT2D eigenvalue weighted by molar-refractivity contribution is -0.137. The molecular formula is C16H17F3N2O4. The second kappa shape index (κ2) is 7.54. The summed E-state index contributed by atoms with van der Waals surface area (Å²) < 4.78 is 42.1. The van der Waals surface area contributed by atoms with E-state index in [-0.39, 0.29) is 24.1 Å². The first-order valence-electron chi connectivity index (χ1n) is 7.54. The molecule has 1 saturated carbocycles. The van der Waals surface area contributed by atoms with Gasteiger partial charge in [0.1, 0.15) is 0 Å². The Balaban J connectivity index is 1.79. The summed E-state index contributed by atoms with van der Waals surface area (Å²) in [5, 5.41) is 2.72. The van der Waals surface area contributed by atoms with Crippen LogP contribution in [-0.2, 0) is 20.5 Å². The van der Waals surface area contributed by atoms with Crippen molar-refractivity contribution in [1.82, 2.24) is 10.2 Å². The highest BCUT2D eigenvalue weighted by Crippen LogP contribution is 2.29. The van der Waals surface area contributed by atoms with Crippen molar-refractivity contribution in [3.05, 3.63) is 35.4 Å². The zero-order chi connectivity index (χ0) is 18.6. The molecule has 0 spiro atoms. The maximum atomic E-state index is 12.5. The topological polar surface area (TPSA) is 75.7 Å². The number of benzene rings is 1. The second-order valence-electron chi connectivity index (χ2n) is 5.74. The third-order valence-electron chi connectivity index (χ3n) is 3.52. The summed E-state index contributed by atoms with van der Waals surface area (Å²) in [6.45, 7) is -0.764. The van der Waals surface area contributed by atoms with Gasteiger partial charge in [0.15, 0.2) is 6.61 Å². The fraction of sp³-hybridized carbons (Fsp3) is 0.438. The number of esters is 1. The highest BCUT2D eigenvalue weighted by molar-refractivity contribution is 5.92. The number of amides is 2. The molecule has 6 nitrogen and oxygen atoms in total. The van der Waals surface area contributed by atoms with Crippen LogP contribution in [0.5, 0.6) is 0 Å². The SMILES string of the molecule is CN(CC(=O)NC1CC1)C(=O)COC(=O)c1ccc(C(F)(F)F)cc1. The van der Waals surface area contributed by atoms with Gasteiger partial charge >= 0.3 is 12.1 Å². The minimum Gasteiger partial charge on any atom is -0.452 e. The van der Waals surface area contributed by atoms with Crippen LogP contribution in [-0.4, -0.2) is 48.9 Å². The van der Waals surface area contributed by atoms with Crippen LogP contribution in [0, 0.1) is 0 Å². The zero-order valence-electron chi connectivity index (χ0n) is 13.4. The number of nitrogens with one attached hydrogen (secondary N) is 1. The predicted octanol–water partition coefficient (Wildman–Crippen LogP) is 1.60. The van der Waals surface area contributed by atoms with E-state index >= 15 is 0 Å². The number of hydrogen-bond acceptors (Lipinski definition) is 4. The summed E-state index contributed by atoms with van der Waals surface area (Å²) in [4.78, 5) is 36.3. The lowest BCUT2D eigenvalue weighted by Gasteiger charge is -2.16. The molecule has 0 aromatic heterocycles. The fourth-order valence-electron chi connectivity index (χ4n) is 1.92. The first-order chi connectivity index (χ1) is 11.7. The molecule has 0 bridgehead atoms. The van der Waals surface area contributed by atoms with E-state index in [1.807, 2.05) is 0 Å². The smallest absolute Gasteiger partial charge is 0.416 e. The Hall–Kier alpha value is -2.58. The number of likely N-dealkylation sites (N-methyl/N-ethyl adjacent to an activating group) is 1. The van der Waals surface area contributed by atoms with Crippen LogP contribution in [0.25, 0.3) is 0 Å². The summed E-state index contributed by atoms with van der Waals surface area (Å²) in [6, 6.07) is 3.64. The largest absolute Gasteiger partial charge is 0.452 e.